The molecule has 1 aromatic heterocycles. The maximum Gasteiger partial charge on any atom is 0.224 e. The van der Waals surface area contributed by atoms with Crippen LogP contribution in [-0.4, -0.2) is 47.9 Å². The number of hydrogen-bond donors (Lipinski definition) is 1. The minimum atomic E-state index is 0.0108. The molecule has 1 unspecified atom stereocenters. The smallest absolute Gasteiger partial charge is 0.224 e. The average Bonchev–Trinajstić information content (AvgIpc) is 2.92. The van der Waals surface area contributed by atoms with E-state index in [1.54, 1.807) is 11.3 Å². The van der Waals surface area contributed by atoms with Crippen molar-refractivity contribution in [3.05, 3.63) is 22.4 Å². The van der Waals surface area contributed by atoms with Crippen LogP contribution in [0.3, 0.4) is 0 Å². The van der Waals surface area contributed by atoms with Crippen LogP contribution in [0.1, 0.15) is 24.6 Å². The van der Waals surface area contributed by atoms with Gasteiger partial charge in [-0.05, 0) is 17.9 Å². The summed E-state index contributed by atoms with van der Waals surface area (Å²) < 4.78 is 0. The lowest BCUT2D eigenvalue weighted by Gasteiger charge is -2.35. The molecular weight excluding hydrogens is 258 g/mol. The summed E-state index contributed by atoms with van der Waals surface area (Å²) in [5, 5.41) is 2.11. The maximum absolute atomic E-state index is 12.0. The predicted octanol–water partition coefficient (Wildman–Crippen LogP) is 1.52. The fourth-order valence-corrected chi connectivity index (χ4v) is 3.02. The lowest BCUT2D eigenvalue weighted by molar-refractivity contribution is -0.133. The van der Waals surface area contributed by atoms with E-state index >= 15 is 0 Å². The Hall–Kier alpha value is -0.910. The third kappa shape index (κ3) is 4.30. The Morgan fingerprint density at radius 3 is 2.74 bits per heavy atom. The zero-order valence-electron chi connectivity index (χ0n) is 11.5. The lowest BCUT2D eigenvalue weighted by atomic mass is 10.1. The van der Waals surface area contributed by atoms with Crippen LogP contribution in [0.15, 0.2) is 17.5 Å². The Kier molecular flexibility index (Phi) is 5.36. The van der Waals surface area contributed by atoms with Gasteiger partial charge in [-0.25, -0.2) is 0 Å². The molecule has 2 heterocycles. The van der Waals surface area contributed by atoms with Gasteiger partial charge in [0.1, 0.15) is 0 Å². The zero-order chi connectivity index (χ0) is 13.7. The Labute approximate surface area is 119 Å². The number of nitrogens with zero attached hydrogens (tertiary/aromatic N) is 2. The largest absolute Gasteiger partial charge is 0.340 e. The number of carbonyl (C=O) groups excluding carboxylic acids is 1. The van der Waals surface area contributed by atoms with Crippen molar-refractivity contribution >= 4 is 17.2 Å². The first-order valence-corrected chi connectivity index (χ1v) is 7.85. The summed E-state index contributed by atoms with van der Waals surface area (Å²) in [4.78, 5) is 17.8. The number of hydrogen-bond acceptors (Lipinski definition) is 4. The summed E-state index contributed by atoms with van der Waals surface area (Å²) in [6.45, 7) is 6.63. The molecule has 19 heavy (non-hydrogen) atoms. The van der Waals surface area contributed by atoms with E-state index < -0.39 is 0 Å². The van der Waals surface area contributed by atoms with E-state index in [0.29, 0.717) is 6.42 Å². The van der Waals surface area contributed by atoms with E-state index in [-0.39, 0.29) is 11.9 Å². The number of nitrogens with two attached hydrogens (primary N) is 1. The predicted molar refractivity (Wildman–Crippen MR) is 79.1 cm³/mol. The van der Waals surface area contributed by atoms with E-state index in [0.717, 1.165) is 39.1 Å². The number of thiophene rings is 1. The molecule has 0 bridgehead atoms. The number of rotatable bonds is 5. The van der Waals surface area contributed by atoms with Crippen molar-refractivity contribution in [2.24, 2.45) is 5.73 Å². The first kappa shape index (κ1) is 14.5. The lowest BCUT2D eigenvalue weighted by Crippen LogP contribution is -2.49. The summed E-state index contributed by atoms with van der Waals surface area (Å²) in [6.07, 6.45) is 1.35. The molecule has 5 heteroatoms. The molecule has 1 aliphatic rings. The minimum Gasteiger partial charge on any atom is -0.340 e. The van der Waals surface area contributed by atoms with Gasteiger partial charge < -0.3 is 10.6 Å². The van der Waals surface area contributed by atoms with Gasteiger partial charge in [0.05, 0.1) is 0 Å². The van der Waals surface area contributed by atoms with Gasteiger partial charge in [0, 0.05) is 50.1 Å². The molecule has 1 saturated heterocycles. The highest BCUT2D eigenvalue weighted by Crippen LogP contribution is 2.14. The van der Waals surface area contributed by atoms with Gasteiger partial charge >= 0.3 is 0 Å². The summed E-state index contributed by atoms with van der Waals surface area (Å²) in [7, 11) is 0. The second kappa shape index (κ2) is 7.03. The summed E-state index contributed by atoms with van der Waals surface area (Å²) in [6, 6.07) is 4.27. The maximum atomic E-state index is 12.0. The van der Waals surface area contributed by atoms with E-state index in [9.17, 15) is 4.79 Å². The van der Waals surface area contributed by atoms with Crippen molar-refractivity contribution in [3.8, 4) is 0 Å². The molecular formula is C14H23N3OS. The third-order valence-corrected chi connectivity index (χ3v) is 4.51. The van der Waals surface area contributed by atoms with Crippen molar-refractivity contribution in [1.29, 1.82) is 0 Å². The summed E-state index contributed by atoms with van der Waals surface area (Å²) >= 11 is 1.80. The standard InChI is InChI=1S/C14H23N3OS/c1-2-12(15)10-14(18)17-7-5-16(6-8-17)11-13-4-3-9-19-13/h3-4,9,12H,2,5-8,10-11,15H2,1H3. The highest BCUT2D eigenvalue weighted by Gasteiger charge is 2.22. The monoisotopic (exact) mass is 281 g/mol. The Balaban J connectivity index is 1.74. The minimum absolute atomic E-state index is 0.0108. The van der Waals surface area contributed by atoms with Crippen molar-refractivity contribution in [2.75, 3.05) is 26.2 Å². The van der Waals surface area contributed by atoms with Crippen molar-refractivity contribution in [3.63, 3.8) is 0 Å². The van der Waals surface area contributed by atoms with Crippen molar-refractivity contribution in [2.45, 2.75) is 32.4 Å². The summed E-state index contributed by atoms with van der Waals surface area (Å²) in [5.41, 5.74) is 5.84. The molecule has 0 aliphatic carbocycles. The highest BCUT2D eigenvalue weighted by molar-refractivity contribution is 7.09. The molecule has 106 valence electrons. The topological polar surface area (TPSA) is 49.6 Å². The molecule has 0 radical (unpaired) electrons. The van der Waals surface area contributed by atoms with Gasteiger partial charge in [0.15, 0.2) is 0 Å². The van der Waals surface area contributed by atoms with Crippen molar-refractivity contribution in [1.82, 2.24) is 9.80 Å². The van der Waals surface area contributed by atoms with Gasteiger partial charge in [0.25, 0.3) is 0 Å². The normalized spacial score (nSPS) is 18.5. The fourth-order valence-electron chi connectivity index (χ4n) is 2.28. The molecule has 1 amide bonds. The van der Waals surface area contributed by atoms with Crippen LogP contribution in [0.2, 0.25) is 0 Å². The van der Waals surface area contributed by atoms with Crippen LogP contribution in [0.25, 0.3) is 0 Å². The van der Waals surface area contributed by atoms with Crippen LogP contribution in [0, 0.1) is 0 Å². The van der Waals surface area contributed by atoms with Crippen LogP contribution < -0.4 is 5.73 Å². The number of carbonyl (C=O) groups is 1. The second-order valence-electron chi connectivity index (χ2n) is 5.11. The molecule has 0 spiro atoms. The average molecular weight is 281 g/mol. The Morgan fingerprint density at radius 2 is 2.16 bits per heavy atom. The molecule has 0 saturated carbocycles. The SMILES string of the molecule is CCC(N)CC(=O)N1CCN(Cc2cccs2)CC1. The van der Waals surface area contributed by atoms with Crippen LogP contribution >= 0.6 is 11.3 Å². The highest BCUT2D eigenvalue weighted by atomic mass is 32.1. The van der Waals surface area contributed by atoms with Gasteiger partial charge in [-0.15, -0.1) is 11.3 Å². The molecule has 1 fully saturated rings. The van der Waals surface area contributed by atoms with Crippen molar-refractivity contribution < 1.29 is 4.79 Å². The first-order valence-electron chi connectivity index (χ1n) is 6.97. The van der Waals surface area contributed by atoms with E-state index in [1.165, 1.54) is 4.88 Å². The molecule has 4 nitrogen and oxygen atoms in total. The molecule has 2 rings (SSSR count). The quantitative estimate of drug-likeness (QED) is 0.890. The van der Waals surface area contributed by atoms with Gasteiger partial charge in [-0.1, -0.05) is 13.0 Å². The molecule has 1 aliphatic heterocycles. The van der Waals surface area contributed by atoms with E-state index in [4.69, 9.17) is 5.73 Å². The first-order chi connectivity index (χ1) is 9.19. The number of amides is 1. The molecule has 1 atom stereocenters. The molecule has 1 aromatic rings. The van der Waals surface area contributed by atoms with Crippen LogP contribution in [-0.2, 0) is 11.3 Å². The van der Waals surface area contributed by atoms with Gasteiger partial charge in [-0.2, -0.15) is 0 Å². The Bertz CT molecular complexity index is 385. The second-order valence-corrected chi connectivity index (χ2v) is 6.14. The molecule has 0 aromatic carbocycles. The van der Waals surface area contributed by atoms with Gasteiger partial charge in [-0.3, -0.25) is 9.69 Å². The van der Waals surface area contributed by atoms with E-state index in [1.807, 2.05) is 11.8 Å². The van der Waals surface area contributed by atoms with Crippen LogP contribution in [0.4, 0.5) is 0 Å². The summed E-state index contributed by atoms with van der Waals surface area (Å²) in [5.74, 6) is 0.213. The Morgan fingerprint density at radius 1 is 1.42 bits per heavy atom. The van der Waals surface area contributed by atoms with E-state index in [2.05, 4.69) is 22.4 Å². The van der Waals surface area contributed by atoms with Crippen LogP contribution in [0.5, 0.6) is 0 Å². The number of piperazine rings is 1. The third-order valence-electron chi connectivity index (χ3n) is 3.65. The zero-order valence-corrected chi connectivity index (χ0v) is 12.4. The van der Waals surface area contributed by atoms with Gasteiger partial charge in [0.2, 0.25) is 5.91 Å². The fraction of sp³-hybridized carbons (Fsp3) is 0.643. The molecule has 2 N–H and O–H groups in total.